The summed E-state index contributed by atoms with van der Waals surface area (Å²) in [5, 5.41) is 13.0. The Labute approximate surface area is 177 Å². The Balaban J connectivity index is 1.61. The van der Waals surface area contributed by atoms with Gasteiger partial charge in [-0.25, -0.2) is 0 Å². The van der Waals surface area contributed by atoms with Gasteiger partial charge in [-0.2, -0.15) is 0 Å². The number of carbonyl (C=O) groups is 2. The van der Waals surface area contributed by atoms with Crippen molar-refractivity contribution in [1.29, 1.82) is 0 Å². The van der Waals surface area contributed by atoms with Gasteiger partial charge < -0.3 is 19.2 Å². The predicted molar refractivity (Wildman–Crippen MR) is 111 cm³/mol. The number of fused-ring (bicyclic) bond motifs is 1. The third-order valence-corrected chi connectivity index (χ3v) is 6.29. The molecule has 2 unspecified atom stereocenters. The molecule has 2 aliphatic rings. The van der Waals surface area contributed by atoms with Crippen molar-refractivity contribution in [3.05, 3.63) is 81.4 Å². The number of ether oxygens (including phenoxy) is 1. The second kappa shape index (κ2) is 7.18. The number of nitrogens with zero attached hydrogens (tertiary/aromatic N) is 1. The molecule has 152 valence electrons. The molecule has 0 spiro atoms. The van der Waals surface area contributed by atoms with E-state index in [1.807, 2.05) is 30.5 Å². The van der Waals surface area contributed by atoms with E-state index in [2.05, 4.69) is 0 Å². The molecule has 2 aromatic heterocycles. The van der Waals surface area contributed by atoms with Gasteiger partial charge in [0.15, 0.2) is 0 Å². The van der Waals surface area contributed by atoms with Crippen molar-refractivity contribution in [2.45, 2.75) is 32.0 Å². The van der Waals surface area contributed by atoms with Crippen LogP contribution in [-0.2, 0) is 22.6 Å². The number of thiophene rings is 1. The van der Waals surface area contributed by atoms with Crippen LogP contribution in [0.2, 0.25) is 0 Å². The SMILES string of the molecule is CC1Cc2cc(/C(O)=C3/C(=O)C(=O)N(Cc4cccs4)C3c3ccco3)ccc2O1. The summed E-state index contributed by atoms with van der Waals surface area (Å²) in [5.41, 5.74) is 1.49. The molecule has 7 heteroatoms. The first-order valence-corrected chi connectivity index (χ1v) is 10.5. The van der Waals surface area contributed by atoms with Crippen molar-refractivity contribution in [3.8, 4) is 5.75 Å². The number of ketones is 1. The Kier molecular flexibility index (Phi) is 4.47. The van der Waals surface area contributed by atoms with Gasteiger partial charge in [0, 0.05) is 16.9 Å². The molecule has 1 fully saturated rings. The van der Waals surface area contributed by atoms with Crippen molar-refractivity contribution >= 4 is 28.8 Å². The third-order valence-electron chi connectivity index (χ3n) is 5.43. The van der Waals surface area contributed by atoms with Gasteiger partial charge in [0.05, 0.1) is 18.4 Å². The number of carbonyl (C=O) groups excluding carboxylic acids is 2. The first-order valence-electron chi connectivity index (χ1n) is 9.67. The van der Waals surface area contributed by atoms with Gasteiger partial charge in [0.25, 0.3) is 11.7 Å². The number of hydrogen-bond donors (Lipinski definition) is 1. The van der Waals surface area contributed by atoms with Gasteiger partial charge in [-0.1, -0.05) is 6.07 Å². The monoisotopic (exact) mass is 421 g/mol. The standard InChI is InChI=1S/C23H19NO5S/c1-13-10-15-11-14(6-7-17(15)29-13)21(25)19-20(18-5-2-8-28-18)24(23(27)22(19)26)12-16-4-3-9-30-16/h2-9,11,13,20,25H,10,12H2,1H3/b21-19-. The minimum atomic E-state index is -0.787. The van der Waals surface area contributed by atoms with Crippen LogP contribution in [0.25, 0.3) is 5.76 Å². The average Bonchev–Trinajstić information content (AvgIpc) is 3.51. The van der Waals surface area contributed by atoms with Gasteiger partial charge in [-0.15, -0.1) is 11.3 Å². The van der Waals surface area contributed by atoms with Crippen LogP contribution in [0.15, 0.2) is 64.1 Å². The smallest absolute Gasteiger partial charge is 0.296 e. The zero-order chi connectivity index (χ0) is 20.8. The first-order chi connectivity index (χ1) is 14.5. The number of likely N-dealkylation sites (tertiary alicyclic amines) is 1. The van der Waals surface area contributed by atoms with Gasteiger partial charge in [-0.05, 0) is 54.3 Å². The van der Waals surface area contributed by atoms with E-state index < -0.39 is 17.7 Å². The number of hydrogen-bond acceptors (Lipinski definition) is 6. The molecule has 1 aromatic carbocycles. The normalized spacial score (nSPS) is 22.4. The third kappa shape index (κ3) is 3.02. The molecule has 1 N–H and O–H groups in total. The van der Waals surface area contributed by atoms with Gasteiger partial charge in [0.2, 0.25) is 0 Å². The van der Waals surface area contributed by atoms with Crippen molar-refractivity contribution in [2.75, 3.05) is 0 Å². The van der Waals surface area contributed by atoms with Crippen LogP contribution >= 0.6 is 11.3 Å². The molecule has 1 saturated heterocycles. The highest BCUT2D eigenvalue weighted by atomic mass is 32.1. The largest absolute Gasteiger partial charge is 0.507 e. The maximum absolute atomic E-state index is 13.0. The van der Waals surface area contributed by atoms with E-state index in [0.29, 0.717) is 11.3 Å². The number of aliphatic hydroxyl groups is 1. The highest BCUT2D eigenvalue weighted by Gasteiger charge is 2.47. The molecule has 0 radical (unpaired) electrons. The first kappa shape index (κ1) is 18.7. The lowest BCUT2D eigenvalue weighted by atomic mass is 9.97. The Morgan fingerprint density at radius 2 is 2.10 bits per heavy atom. The number of rotatable bonds is 4. The van der Waals surface area contributed by atoms with Crippen molar-refractivity contribution < 1.29 is 23.8 Å². The van der Waals surface area contributed by atoms with Crippen molar-refractivity contribution in [1.82, 2.24) is 4.90 Å². The van der Waals surface area contributed by atoms with Crippen LogP contribution in [-0.4, -0.2) is 27.8 Å². The number of benzene rings is 1. The molecule has 30 heavy (non-hydrogen) atoms. The molecule has 0 bridgehead atoms. The predicted octanol–water partition coefficient (Wildman–Crippen LogP) is 4.29. The second-order valence-electron chi connectivity index (χ2n) is 7.48. The summed E-state index contributed by atoms with van der Waals surface area (Å²) < 4.78 is 11.3. The summed E-state index contributed by atoms with van der Waals surface area (Å²) >= 11 is 1.50. The Bertz CT molecular complexity index is 1150. The molecule has 2 atom stereocenters. The van der Waals surface area contributed by atoms with Crippen LogP contribution in [0.4, 0.5) is 0 Å². The van der Waals surface area contributed by atoms with E-state index >= 15 is 0 Å². The molecule has 1 amide bonds. The van der Waals surface area contributed by atoms with E-state index in [9.17, 15) is 14.7 Å². The molecule has 6 nitrogen and oxygen atoms in total. The highest BCUT2D eigenvalue weighted by molar-refractivity contribution is 7.09. The molecule has 4 heterocycles. The average molecular weight is 421 g/mol. The van der Waals surface area contributed by atoms with E-state index in [1.54, 1.807) is 24.3 Å². The molecule has 3 aromatic rings. The van der Waals surface area contributed by atoms with Gasteiger partial charge >= 0.3 is 0 Å². The van der Waals surface area contributed by atoms with Crippen LogP contribution in [0.3, 0.4) is 0 Å². The molecule has 0 saturated carbocycles. The number of amides is 1. The lowest BCUT2D eigenvalue weighted by Gasteiger charge is -2.22. The zero-order valence-electron chi connectivity index (χ0n) is 16.2. The molecule has 0 aliphatic carbocycles. The Hall–Kier alpha value is -3.32. The van der Waals surface area contributed by atoms with E-state index in [0.717, 1.165) is 22.6 Å². The Morgan fingerprint density at radius 3 is 2.83 bits per heavy atom. The summed E-state index contributed by atoms with van der Waals surface area (Å²) in [5.74, 6) is -0.351. The fourth-order valence-corrected chi connectivity index (χ4v) is 4.78. The van der Waals surface area contributed by atoms with Crippen molar-refractivity contribution in [3.63, 3.8) is 0 Å². The quantitative estimate of drug-likeness (QED) is 0.386. The molecular weight excluding hydrogens is 402 g/mol. The summed E-state index contributed by atoms with van der Waals surface area (Å²) in [4.78, 5) is 28.3. The van der Waals surface area contributed by atoms with Gasteiger partial charge in [-0.3, -0.25) is 9.59 Å². The second-order valence-corrected chi connectivity index (χ2v) is 8.51. The zero-order valence-corrected chi connectivity index (χ0v) is 17.0. The number of Topliss-reactive ketones (excluding diaryl/α,β-unsaturated/α-hetero) is 1. The maximum Gasteiger partial charge on any atom is 0.296 e. The van der Waals surface area contributed by atoms with Crippen LogP contribution in [0, 0.1) is 0 Å². The highest BCUT2D eigenvalue weighted by Crippen LogP contribution is 2.41. The van der Waals surface area contributed by atoms with Gasteiger partial charge in [0.1, 0.15) is 29.4 Å². The summed E-state index contributed by atoms with van der Waals surface area (Å²) in [6, 6.07) is 11.7. The van der Waals surface area contributed by atoms with Crippen LogP contribution < -0.4 is 4.74 Å². The minimum absolute atomic E-state index is 0.0402. The fourth-order valence-electron chi connectivity index (χ4n) is 4.08. The lowest BCUT2D eigenvalue weighted by molar-refractivity contribution is -0.140. The van der Waals surface area contributed by atoms with Crippen LogP contribution in [0.5, 0.6) is 5.75 Å². The number of furan rings is 1. The van der Waals surface area contributed by atoms with Crippen molar-refractivity contribution in [2.24, 2.45) is 0 Å². The summed E-state index contributed by atoms with van der Waals surface area (Å²) in [6.45, 7) is 2.24. The molecule has 2 aliphatic heterocycles. The minimum Gasteiger partial charge on any atom is -0.507 e. The summed E-state index contributed by atoms with van der Waals surface area (Å²) in [6.07, 6.45) is 2.29. The van der Waals surface area contributed by atoms with E-state index in [4.69, 9.17) is 9.15 Å². The number of aliphatic hydroxyl groups excluding tert-OH is 1. The van der Waals surface area contributed by atoms with Crippen LogP contribution in [0.1, 0.15) is 34.7 Å². The fraction of sp³-hybridized carbons (Fsp3) is 0.217. The van der Waals surface area contributed by atoms with E-state index in [-0.39, 0.29) is 24.0 Å². The molecule has 5 rings (SSSR count). The maximum atomic E-state index is 13.0. The Morgan fingerprint density at radius 1 is 1.23 bits per heavy atom. The topological polar surface area (TPSA) is 80.0 Å². The van der Waals surface area contributed by atoms with E-state index in [1.165, 1.54) is 22.5 Å². The summed E-state index contributed by atoms with van der Waals surface area (Å²) in [7, 11) is 0. The molecular formula is C23H19NO5S. The lowest BCUT2D eigenvalue weighted by Crippen LogP contribution is -2.28.